The Bertz CT molecular complexity index is 686. The molecule has 0 spiro atoms. The smallest absolute Gasteiger partial charge is 0.255 e. The highest BCUT2D eigenvalue weighted by molar-refractivity contribution is 5.96. The van der Waals surface area contributed by atoms with Gasteiger partial charge in [0, 0.05) is 13.5 Å². The summed E-state index contributed by atoms with van der Waals surface area (Å²) >= 11 is 0. The number of nitrogens with zero attached hydrogens (tertiary/aromatic N) is 2. The first kappa shape index (κ1) is 19.2. The van der Waals surface area contributed by atoms with E-state index in [0.717, 1.165) is 19.5 Å². The Hall–Kier alpha value is -2.12. The van der Waals surface area contributed by atoms with Crippen molar-refractivity contribution in [3.8, 4) is 5.75 Å². The molecule has 25 heavy (non-hydrogen) atoms. The molecule has 0 aliphatic carbocycles. The molecular weight excluding hydrogens is 344 g/mol. The van der Waals surface area contributed by atoms with Crippen LogP contribution in [0.5, 0.6) is 5.75 Å². The van der Waals surface area contributed by atoms with E-state index in [4.69, 9.17) is 9.26 Å². The zero-order valence-electron chi connectivity index (χ0n) is 14.2. The van der Waals surface area contributed by atoms with E-state index in [-0.39, 0.29) is 24.9 Å². The molecule has 0 radical (unpaired) electrons. The third-order valence-electron chi connectivity index (χ3n) is 4.06. The zero-order chi connectivity index (χ0) is 16.8. The second-order valence-electron chi connectivity index (χ2n) is 5.92. The maximum atomic E-state index is 12.4. The number of hydrogen-bond donors (Lipinski definition) is 2. The second kappa shape index (κ2) is 9.39. The number of ether oxygens (including phenoxy) is 1. The monoisotopic (exact) mass is 366 g/mol. The molecule has 1 fully saturated rings. The normalized spacial score (nSPS) is 16.3. The summed E-state index contributed by atoms with van der Waals surface area (Å²) in [5, 5.41) is 10.1. The minimum absolute atomic E-state index is 0. The molecule has 1 atom stereocenters. The Kier molecular flexibility index (Phi) is 7.21. The van der Waals surface area contributed by atoms with Crippen LogP contribution in [-0.4, -0.2) is 35.7 Å². The van der Waals surface area contributed by atoms with E-state index in [1.807, 2.05) is 12.1 Å². The van der Waals surface area contributed by atoms with Crippen LogP contribution in [0.25, 0.3) is 0 Å². The average molecular weight is 367 g/mol. The Morgan fingerprint density at radius 1 is 1.44 bits per heavy atom. The molecule has 1 aliphatic heterocycles. The van der Waals surface area contributed by atoms with E-state index in [9.17, 15) is 4.79 Å². The van der Waals surface area contributed by atoms with Gasteiger partial charge in [0.1, 0.15) is 5.75 Å². The van der Waals surface area contributed by atoms with Gasteiger partial charge in [-0.1, -0.05) is 17.3 Å². The zero-order valence-corrected chi connectivity index (χ0v) is 15.0. The number of aryl methyl sites for hydroxylation is 1. The second-order valence-corrected chi connectivity index (χ2v) is 5.92. The van der Waals surface area contributed by atoms with E-state index >= 15 is 0 Å². The van der Waals surface area contributed by atoms with Crippen molar-refractivity contribution in [2.24, 2.45) is 5.92 Å². The molecule has 1 aromatic heterocycles. The molecule has 3 rings (SSSR count). The van der Waals surface area contributed by atoms with Crippen LogP contribution in [0.3, 0.4) is 0 Å². The number of halogens is 1. The molecular formula is C17H23ClN4O3. The molecule has 1 aliphatic rings. The first-order valence-electron chi connectivity index (χ1n) is 8.22. The van der Waals surface area contributed by atoms with Crippen LogP contribution in [0.2, 0.25) is 0 Å². The highest BCUT2D eigenvalue weighted by Crippen LogP contribution is 2.19. The lowest BCUT2D eigenvalue weighted by molar-refractivity contribution is 0.0947. The van der Waals surface area contributed by atoms with Gasteiger partial charge < -0.3 is 19.9 Å². The predicted octanol–water partition coefficient (Wildman–Crippen LogP) is 2.11. The van der Waals surface area contributed by atoms with Crippen LogP contribution in [-0.2, 0) is 6.61 Å². The summed E-state index contributed by atoms with van der Waals surface area (Å²) < 4.78 is 10.6. The summed E-state index contributed by atoms with van der Waals surface area (Å²) in [6.07, 6.45) is 2.17. The van der Waals surface area contributed by atoms with Crippen LogP contribution in [0.4, 0.5) is 0 Å². The molecule has 2 N–H and O–H groups in total. The molecule has 0 saturated carbocycles. The number of aromatic nitrogens is 2. The van der Waals surface area contributed by atoms with Crippen molar-refractivity contribution in [2.75, 3.05) is 19.6 Å². The minimum Gasteiger partial charge on any atom is -0.485 e. The lowest BCUT2D eigenvalue weighted by atomic mass is 10.1. The minimum atomic E-state index is -0.124. The summed E-state index contributed by atoms with van der Waals surface area (Å²) in [5.41, 5.74) is 0.516. The summed E-state index contributed by atoms with van der Waals surface area (Å²) in [6.45, 7) is 4.67. The molecule has 1 amide bonds. The molecule has 7 nitrogen and oxygen atoms in total. The first-order chi connectivity index (χ1) is 11.7. The Morgan fingerprint density at radius 3 is 3.00 bits per heavy atom. The Balaban J connectivity index is 0.00000225. The van der Waals surface area contributed by atoms with Gasteiger partial charge >= 0.3 is 0 Å². The molecule has 2 aromatic rings. The van der Waals surface area contributed by atoms with Gasteiger partial charge in [-0.15, -0.1) is 12.4 Å². The number of amides is 1. The number of carbonyl (C=O) groups is 1. The van der Waals surface area contributed by atoms with Crippen molar-refractivity contribution < 1.29 is 14.1 Å². The number of para-hydroxylation sites is 1. The predicted molar refractivity (Wildman–Crippen MR) is 95.0 cm³/mol. The van der Waals surface area contributed by atoms with Gasteiger partial charge in [-0.3, -0.25) is 4.79 Å². The fraction of sp³-hybridized carbons (Fsp3) is 0.471. The molecule has 1 aromatic carbocycles. The van der Waals surface area contributed by atoms with Crippen LogP contribution >= 0.6 is 12.4 Å². The average Bonchev–Trinajstić information content (AvgIpc) is 3.25. The SMILES string of the molecule is Cc1nc(COc2ccccc2C(=O)NCCC2CCNC2)no1.Cl. The van der Waals surface area contributed by atoms with Crippen molar-refractivity contribution in [1.82, 2.24) is 20.8 Å². The molecule has 0 bridgehead atoms. The first-order valence-corrected chi connectivity index (χ1v) is 8.22. The quantitative estimate of drug-likeness (QED) is 0.780. The molecule has 8 heteroatoms. The largest absolute Gasteiger partial charge is 0.485 e. The summed E-state index contributed by atoms with van der Waals surface area (Å²) in [7, 11) is 0. The van der Waals surface area contributed by atoms with Gasteiger partial charge in [0.25, 0.3) is 5.91 Å². The van der Waals surface area contributed by atoms with Gasteiger partial charge in [0.15, 0.2) is 6.61 Å². The van der Waals surface area contributed by atoms with Crippen LogP contribution < -0.4 is 15.4 Å². The molecule has 136 valence electrons. The summed E-state index contributed by atoms with van der Waals surface area (Å²) in [5.74, 6) is 1.98. The maximum Gasteiger partial charge on any atom is 0.255 e. The van der Waals surface area contributed by atoms with E-state index in [1.54, 1.807) is 19.1 Å². The number of benzene rings is 1. The fourth-order valence-corrected chi connectivity index (χ4v) is 2.77. The highest BCUT2D eigenvalue weighted by atomic mass is 35.5. The summed E-state index contributed by atoms with van der Waals surface area (Å²) in [4.78, 5) is 16.5. The van der Waals surface area contributed by atoms with Crippen molar-refractivity contribution in [1.29, 1.82) is 0 Å². The Morgan fingerprint density at radius 2 is 2.28 bits per heavy atom. The van der Waals surface area contributed by atoms with Gasteiger partial charge in [-0.05, 0) is 44.0 Å². The molecule has 2 heterocycles. The standard InChI is InChI=1S/C17H22N4O3.ClH/c1-12-20-16(21-24-12)11-23-15-5-3-2-4-14(15)17(22)19-9-7-13-6-8-18-10-13;/h2-5,13,18H,6-11H2,1H3,(H,19,22);1H. The fourth-order valence-electron chi connectivity index (χ4n) is 2.77. The lowest BCUT2D eigenvalue weighted by Gasteiger charge is -2.12. The van der Waals surface area contributed by atoms with Crippen molar-refractivity contribution in [2.45, 2.75) is 26.4 Å². The Labute approximate surface area is 152 Å². The van der Waals surface area contributed by atoms with E-state index in [1.165, 1.54) is 6.42 Å². The topological polar surface area (TPSA) is 89.3 Å². The van der Waals surface area contributed by atoms with Crippen molar-refractivity contribution in [3.05, 3.63) is 41.5 Å². The van der Waals surface area contributed by atoms with E-state index < -0.39 is 0 Å². The van der Waals surface area contributed by atoms with E-state index in [2.05, 4.69) is 20.8 Å². The molecule has 1 unspecified atom stereocenters. The third-order valence-corrected chi connectivity index (χ3v) is 4.06. The molecule has 1 saturated heterocycles. The van der Waals surface area contributed by atoms with Gasteiger partial charge in [-0.25, -0.2) is 0 Å². The van der Waals surface area contributed by atoms with E-state index in [0.29, 0.717) is 35.5 Å². The van der Waals surface area contributed by atoms with Crippen LogP contribution in [0.15, 0.2) is 28.8 Å². The van der Waals surface area contributed by atoms with Crippen LogP contribution in [0.1, 0.15) is 34.9 Å². The maximum absolute atomic E-state index is 12.4. The lowest BCUT2D eigenvalue weighted by Crippen LogP contribution is -2.26. The highest BCUT2D eigenvalue weighted by Gasteiger charge is 2.16. The number of hydrogen-bond acceptors (Lipinski definition) is 6. The van der Waals surface area contributed by atoms with Crippen molar-refractivity contribution in [3.63, 3.8) is 0 Å². The van der Waals surface area contributed by atoms with Gasteiger partial charge in [-0.2, -0.15) is 4.98 Å². The number of nitrogens with one attached hydrogen (secondary N) is 2. The van der Waals surface area contributed by atoms with Crippen molar-refractivity contribution >= 4 is 18.3 Å². The van der Waals surface area contributed by atoms with Gasteiger partial charge in [0.2, 0.25) is 11.7 Å². The number of rotatable bonds is 7. The number of carbonyl (C=O) groups excluding carboxylic acids is 1. The summed E-state index contributed by atoms with van der Waals surface area (Å²) in [6, 6.07) is 7.17. The van der Waals surface area contributed by atoms with Gasteiger partial charge in [0.05, 0.1) is 5.56 Å². The third kappa shape index (κ3) is 5.44. The van der Waals surface area contributed by atoms with Crippen LogP contribution in [0, 0.1) is 12.8 Å².